The Kier molecular flexibility index (Phi) is 34.6. The van der Waals surface area contributed by atoms with Crippen LogP contribution >= 0.6 is 0 Å². The number of unbranched alkanes of at least 4 members (excludes halogenated alkanes) is 1. The molecule has 0 fully saturated rings. The number of rotatable bonds is 12. The van der Waals surface area contributed by atoms with Gasteiger partial charge in [0.1, 0.15) is 5.82 Å². The summed E-state index contributed by atoms with van der Waals surface area (Å²) in [7, 11) is 0. The number of benzene rings is 5. The van der Waals surface area contributed by atoms with E-state index in [0.717, 1.165) is 66.6 Å². The Bertz CT molecular complexity index is 2440. The number of non-ortho nitro benzene ring substituents is 1. The number of hydrogen-bond donors (Lipinski definition) is 1. The average Bonchev–Trinajstić information content (AvgIpc) is 3.91. The van der Waals surface area contributed by atoms with Gasteiger partial charge in [-0.3, -0.25) is 25.1 Å². The third-order valence-corrected chi connectivity index (χ3v) is 11.0. The standard InChI is InChI=1S/C10H14.C9H10N2.C9H12.C8H9NO2.C8H10.3C7H9N/c1-2-3-7-10-8-5-4-6-9-10;1-2-9-10-7-5-3-4-6-8(7)11-9;1-2-6-9-7-4-3-5-8-9;1-2-7-3-5-8(6-4-7)9(10)11;1-2-8-6-4-3-5-7-8;1-2-7-3-5-8-6-4-7;1-2-7-4-3-5-8-6-7;1-2-7-5-3-4-6-8-7/h4-6,8-9H,2-3,7H2,1H3;3-6H,2H2,1H3,(H,10,11);3-5,7-8H,2,6H2,1H3;3-6H,2H2,1H3;3-7H,2H2,1H3;3*3-6H,2H2,1H3. The van der Waals surface area contributed by atoms with Crippen molar-refractivity contribution in [2.24, 2.45) is 0 Å². The highest BCUT2D eigenvalue weighted by Crippen LogP contribution is 2.12. The molecule has 0 saturated heterocycles. The quantitative estimate of drug-likeness (QED) is 0.0964. The first-order valence-corrected chi connectivity index (χ1v) is 26.2. The Morgan fingerprint density at radius 2 is 0.932 bits per heavy atom. The molecule has 0 aliphatic rings. The predicted molar refractivity (Wildman–Crippen MR) is 310 cm³/mol. The Hall–Kier alpha value is -7.58. The van der Waals surface area contributed by atoms with Gasteiger partial charge in [0.05, 0.1) is 16.0 Å². The minimum absolute atomic E-state index is 0.155. The molecule has 0 bridgehead atoms. The molecule has 384 valence electrons. The van der Waals surface area contributed by atoms with Crippen molar-refractivity contribution >= 4 is 16.7 Å². The van der Waals surface area contributed by atoms with Gasteiger partial charge in [-0.15, -0.1) is 0 Å². The van der Waals surface area contributed by atoms with Crippen LogP contribution in [0.4, 0.5) is 5.69 Å². The van der Waals surface area contributed by atoms with Gasteiger partial charge in [-0.05, 0) is 127 Å². The molecule has 73 heavy (non-hydrogen) atoms. The fraction of sp³-hybridized carbons (Fsp3) is 0.292. The maximum Gasteiger partial charge on any atom is 0.269 e. The normalized spacial score (nSPS) is 9.53. The number of nitrogens with one attached hydrogen (secondary N) is 1. The number of nitrogens with zero attached hydrogens (tertiary/aromatic N) is 5. The molecule has 9 rings (SSSR count). The number of nitro groups is 1. The van der Waals surface area contributed by atoms with Crippen molar-refractivity contribution in [2.45, 2.75) is 126 Å². The fourth-order valence-corrected chi connectivity index (χ4v) is 6.53. The van der Waals surface area contributed by atoms with Crippen molar-refractivity contribution in [3.8, 4) is 0 Å². The predicted octanol–water partition coefficient (Wildman–Crippen LogP) is 17.1. The summed E-state index contributed by atoms with van der Waals surface area (Å²) >= 11 is 0. The van der Waals surface area contributed by atoms with Crippen molar-refractivity contribution in [2.75, 3.05) is 0 Å². The Labute approximate surface area is 438 Å². The molecule has 8 nitrogen and oxygen atoms in total. The van der Waals surface area contributed by atoms with Crippen LogP contribution in [0.2, 0.25) is 0 Å². The molecule has 0 spiro atoms. The number of imidazole rings is 1. The summed E-state index contributed by atoms with van der Waals surface area (Å²) in [4.78, 5) is 29.4. The number of aromatic nitrogens is 5. The van der Waals surface area contributed by atoms with Gasteiger partial charge in [0.25, 0.3) is 5.69 Å². The van der Waals surface area contributed by atoms with Gasteiger partial charge in [-0.2, -0.15) is 0 Å². The molecule has 0 amide bonds. The van der Waals surface area contributed by atoms with Crippen molar-refractivity contribution in [3.05, 3.63) is 268 Å². The number of aryl methyl sites for hydroxylation is 8. The van der Waals surface area contributed by atoms with E-state index in [2.05, 4.69) is 164 Å². The van der Waals surface area contributed by atoms with Gasteiger partial charge in [-0.25, -0.2) is 4.98 Å². The van der Waals surface area contributed by atoms with Crippen LogP contribution in [0.5, 0.6) is 0 Å². The number of para-hydroxylation sites is 2. The zero-order valence-electron chi connectivity index (χ0n) is 45.0. The topological polar surface area (TPSA) is 110 Å². The van der Waals surface area contributed by atoms with E-state index in [-0.39, 0.29) is 10.6 Å². The lowest BCUT2D eigenvalue weighted by atomic mass is 10.1. The number of nitro benzene ring substituents is 1. The summed E-state index contributed by atoms with van der Waals surface area (Å²) in [5, 5.41) is 10.2. The highest BCUT2D eigenvalue weighted by molar-refractivity contribution is 5.74. The van der Waals surface area contributed by atoms with Crippen LogP contribution in [0.15, 0.2) is 213 Å². The molecule has 0 unspecified atom stereocenters. The summed E-state index contributed by atoms with van der Waals surface area (Å²) in [5.41, 5.74) is 11.6. The number of fused-ring (bicyclic) bond motifs is 1. The summed E-state index contributed by atoms with van der Waals surface area (Å²) in [6.07, 6.45) is 21.6. The number of aromatic amines is 1. The van der Waals surface area contributed by atoms with Crippen LogP contribution in [-0.2, 0) is 51.4 Å². The van der Waals surface area contributed by atoms with E-state index in [1.807, 2.05) is 98.4 Å². The molecule has 9 aromatic rings. The lowest BCUT2D eigenvalue weighted by Crippen LogP contribution is -1.87. The molecule has 4 heterocycles. The van der Waals surface area contributed by atoms with Gasteiger partial charge >= 0.3 is 0 Å². The minimum Gasteiger partial charge on any atom is -0.342 e. The molecular formula is C65H82N6O2. The Morgan fingerprint density at radius 1 is 0.425 bits per heavy atom. The monoisotopic (exact) mass is 979 g/mol. The van der Waals surface area contributed by atoms with E-state index in [1.54, 1.807) is 18.3 Å². The van der Waals surface area contributed by atoms with Gasteiger partial charge < -0.3 is 4.98 Å². The number of hydrogen-bond acceptors (Lipinski definition) is 6. The SMILES string of the molecule is CCCCc1ccccc1.CCCc1ccccc1.CCc1ccc([N+](=O)[O-])cc1.CCc1ccccc1.CCc1ccccn1.CCc1cccnc1.CCc1ccncc1.CCc1nc2ccccc2[nH]1. The second-order valence-electron chi connectivity index (χ2n) is 16.6. The van der Waals surface area contributed by atoms with E-state index in [1.165, 1.54) is 72.1 Å². The molecule has 0 radical (unpaired) electrons. The molecule has 1 N–H and O–H groups in total. The molecule has 0 aliphatic heterocycles. The molecule has 5 aromatic carbocycles. The minimum atomic E-state index is -0.389. The average molecular weight is 979 g/mol. The Morgan fingerprint density at radius 3 is 1.34 bits per heavy atom. The fourth-order valence-electron chi connectivity index (χ4n) is 6.53. The smallest absolute Gasteiger partial charge is 0.269 e. The molecule has 8 heteroatoms. The van der Waals surface area contributed by atoms with E-state index in [0.29, 0.717) is 0 Å². The maximum atomic E-state index is 10.2. The van der Waals surface area contributed by atoms with E-state index < -0.39 is 0 Å². The number of pyridine rings is 3. The first kappa shape index (κ1) is 61.5. The second kappa shape index (κ2) is 41.1. The molecule has 0 atom stereocenters. The summed E-state index contributed by atoms with van der Waals surface area (Å²) < 4.78 is 0. The van der Waals surface area contributed by atoms with Crippen molar-refractivity contribution in [1.82, 2.24) is 24.9 Å². The van der Waals surface area contributed by atoms with Gasteiger partial charge in [0.15, 0.2) is 0 Å². The zero-order chi connectivity index (χ0) is 53.0. The van der Waals surface area contributed by atoms with Crippen LogP contribution < -0.4 is 0 Å². The summed E-state index contributed by atoms with van der Waals surface area (Å²) in [6, 6.07) is 60.4. The third-order valence-electron chi connectivity index (χ3n) is 11.0. The van der Waals surface area contributed by atoms with Crippen molar-refractivity contribution < 1.29 is 4.92 Å². The first-order chi connectivity index (χ1) is 35.7. The summed E-state index contributed by atoms with van der Waals surface area (Å²) in [6.45, 7) is 17.1. The highest BCUT2D eigenvalue weighted by Gasteiger charge is 2.02. The van der Waals surface area contributed by atoms with Gasteiger partial charge in [0, 0.05) is 55.2 Å². The van der Waals surface area contributed by atoms with E-state index >= 15 is 0 Å². The molecule has 0 aliphatic carbocycles. The molecule has 0 saturated carbocycles. The van der Waals surface area contributed by atoms with E-state index in [4.69, 9.17) is 0 Å². The largest absolute Gasteiger partial charge is 0.342 e. The lowest BCUT2D eigenvalue weighted by molar-refractivity contribution is -0.384. The highest BCUT2D eigenvalue weighted by atomic mass is 16.6. The van der Waals surface area contributed by atoms with Crippen LogP contribution in [-0.4, -0.2) is 29.8 Å². The van der Waals surface area contributed by atoms with E-state index in [9.17, 15) is 10.1 Å². The maximum absolute atomic E-state index is 10.2. The van der Waals surface area contributed by atoms with Crippen LogP contribution in [0.3, 0.4) is 0 Å². The van der Waals surface area contributed by atoms with Gasteiger partial charge in [0.2, 0.25) is 0 Å². The second-order valence-corrected chi connectivity index (χ2v) is 16.6. The van der Waals surface area contributed by atoms with Crippen LogP contribution in [0.1, 0.15) is 120 Å². The number of H-pyrrole nitrogens is 1. The van der Waals surface area contributed by atoms with Crippen LogP contribution in [0.25, 0.3) is 11.0 Å². The molecular weight excluding hydrogens is 897 g/mol. The van der Waals surface area contributed by atoms with Crippen LogP contribution in [0, 0.1) is 10.1 Å². The van der Waals surface area contributed by atoms with Crippen molar-refractivity contribution in [1.29, 1.82) is 0 Å². The zero-order valence-corrected chi connectivity index (χ0v) is 45.0. The Balaban J connectivity index is 0.000000287. The van der Waals surface area contributed by atoms with Crippen molar-refractivity contribution in [3.63, 3.8) is 0 Å². The first-order valence-electron chi connectivity index (χ1n) is 26.2. The van der Waals surface area contributed by atoms with Gasteiger partial charge in [-0.1, -0.05) is 196 Å². The third kappa shape index (κ3) is 29.4. The summed E-state index contributed by atoms with van der Waals surface area (Å²) in [5.74, 6) is 1.06. The molecule has 4 aromatic heterocycles. The lowest BCUT2D eigenvalue weighted by Gasteiger charge is -1.96.